The highest BCUT2D eigenvalue weighted by molar-refractivity contribution is 6.28. The van der Waals surface area contributed by atoms with E-state index in [9.17, 15) is 8.78 Å². The van der Waals surface area contributed by atoms with Crippen molar-refractivity contribution in [1.82, 2.24) is 9.97 Å². The molecular weight excluding hydrogens is 296 g/mol. The van der Waals surface area contributed by atoms with Gasteiger partial charge in [0.05, 0.1) is 5.69 Å². The highest BCUT2D eigenvalue weighted by atomic mass is 35.5. The highest BCUT2D eigenvalue weighted by Crippen LogP contribution is 2.40. The van der Waals surface area contributed by atoms with Crippen LogP contribution in [0.4, 0.5) is 14.6 Å². The van der Waals surface area contributed by atoms with Crippen molar-refractivity contribution < 1.29 is 8.78 Å². The van der Waals surface area contributed by atoms with Gasteiger partial charge < -0.3 is 4.90 Å². The van der Waals surface area contributed by atoms with E-state index in [4.69, 9.17) is 11.6 Å². The third-order valence-corrected chi connectivity index (χ3v) is 3.94. The molecule has 1 unspecified atom stereocenters. The number of anilines is 1. The first-order chi connectivity index (χ1) is 9.97. The van der Waals surface area contributed by atoms with Gasteiger partial charge in [-0.2, -0.15) is 0 Å². The summed E-state index contributed by atoms with van der Waals surface area (Å²) in [5.74, 6) is -0.968. The van der Waals surface area contributed by atoms with Crippen LogP contribution in [0.5, 0.6) is 0 Å². The topological polar surface area (TPSA) is 29.0 Å². The number of aromatic nitrogens is 2. The Morgan fingerprint density at radius 1 is 1.19 bits per heavy atom. The lowest BCUT2D eigenvalue weighted by Gasteiger charge is -2.17. The minimum Gasteiger partial charge on any atom is -0.362 e. The van der Waals surface area contributed by atoms with Crippen LogP contribution in [0.25, 0.3) is 0 Å². The lowest BCUT2D eigenvalue weighted by atomic mass is 9.96. The van der Waals surface area contributed by atoms with Crippen molar-refractivity contribution in [1.29, 1.82) is 0 Å². The van der Waals surface area contributed by atoms with Crippen LogP contribution < -0.4 is 4.90 Å². The van der Waals surface area contributed by atoms with Crippen molar-refractivity contribution in [3.05, 3.63) is 51.9 Å². The van der Waals surface area contributed by atoms with Crippen LogP contribution in [0.3, 0.4) is 0 Å². The molecule has 0 spiro atoms. The van der Waals surface area contributed by atoms with E-state index in [1.165, 1.54) is 6.07 Å². The highest BCUT2D eigenvalue weighted by Gasteiger charge is 2.30. The maximum Gasteiger partial charge on any atom is 0.224 e. The summed E-state index contributed by atoms with van der Waals surface area (Å²) < 4.78 is 26.5. The molecule has 0 N–H and O–H groups in total. The maximum atomic E-state index is 13.5. The zero-order valence-electron chi connectivity index (χ0n) is 11.7. The molecule has 110 valence electrons. The average molecular weight is 310 g/mol. The number of halogens is 3. The summed E-state index contributed by atoms with van der Waals surface area (Å²) in [4.78, 5) is 10.5. The van der Waals surface area contributed by atoms with Gasteiger partial charge in [0.25, 0.3) is 0 Å². The second-order valence-electron chi connectivity index (χ2n) is 5.34. The second kappa shape index (κ2) is 5.22. The van der Waals surface area contributed by atoms with Gasteiger partial charge in [-0.15, -0.1) is 0 Å². The zero-order valence-corrected chi connectivity index (χ0v) is 12.5. The largest absolute Gasteiger partial charge is 0.362 e. The van der Waals surface area contributed by atoms with E-state index in [0.29, 0.717) is 5.56 Å². The molecule has 1 aliphatic carbocycles. The van der Waals surface area contributed by atoms with Gasteiger partial charge in [0.2, 0.25) is 5.28 Å². The van der Waals surface area contributed by atoms with Gasteiger partial charge in [0.15, 0.2) is 11.6 Å². The Bertz CT molecular complexity index is 704. The minimum absolute atomic E-state index is 0.0747. The first kappa shape index (κ1) is 14.2. The van der Waals surface area contributed by atoms with E-state index < -0.39 is 11.6 Å². The smallest absolute Gasteiger partial charge is 0.224 e. The molecule has 1 aliphatic rings. The van der Waals surface area contributed by atoms with E-state index in [0.717, 1.165) is 36.0 Å². The number of fused-ring (bicyclic) bond motifs is 1. The van der Waals surface area contributed by atoms with Gasteiger partial charge in [-0.3, -0.25) is 0 Å². The third-order valence-electron chi connectivity index (χ3n) is 3.77. The number of hydrogen-bond donors (Lipinski definition) is 0. The Kier molecular flexibility index (Phi) is 3.53. The van der Waals surface area contributed by atoms with Crippen LogP contribution in [0.2, 0.25) is 5.28 Å². The van der Waals surface area contributed by atoms with Crippen molar-refractivity contribution in [3.63, 3.8) is 0 Å². The van der Waals surface area contributed by atoms with Gasteiger partial charge in [0.1, 0.15) is 5.82 Å². The Balaban J connectivity index is 2.09. The lowest BCUT2D eigenvalue weighted by Crippen LogP contribution is -2.14. The standard InChI is InChI=1S/C15H14ClF2N3/c1-21(2)14-10-5-4-9(13(10)19-15(16)20-14)8-3-6-11(17)12(18)7-8/h3,6-7,9H,4-5H2,1-2H3. The van der Waals surface area contributed by atoms with Crippen LogP contribution in [0.15, 0.2) is 18.2 Å². The van der Waals surface area contributed by atoms with E-state index >= 15 is 0 Å². The average Bonchev–Trinajstić information content (AvgIpc) is 2.84. The molecule has 0 saturated heterocycles. The summed E-state index contributed by atoms with van der Waals surface area (Å²) in [6.07, 6.45) is 1.58. The molecule has 1 heterocycles. The monoisotopic (exact) mass is 309 g/mol. The number of rotatable bonds is 2. The zero-order chi connectivity index (χ0) is 15.1. The van der Waals surface area contributed by atoms with Gasteiger partial charge in [-0.05, 0) is 42.1 Å². The van der Waals surface area contributed by atoms with Crippen molar-refractivity contribution >= 4 is 17.4 Å². The summed E-state index contributed by atoms with van der Waals surface area (Å²) >= 11 is 6.00. The fourth-order valence-electron chi connectivity index (χ4n) is 2.84. The summed E-state index contributed by atoms with van der Waals surface area (Å²) in [6.45, 7) is 0. The van der Waals surface area contributed by atoms with Crippen LogP contribution in [0, 0.1) is 11.6 Å². The maximum absolute atomic E-state index is 13.5. The summed E-state index contributed by atoms with van der Waals surface area (Å²) in [6, 6.07) is 3.99. The first-order valence-electron chi connectivity index (χ1n) is 6.66. The van der Waals surface area contributed by atoms with Crippen LogP contribution in [-0.2, 0) is 6.42 Å². The Morgan fingerprint density at radius 2 is 1.95 bits per heavy atom. The molecular formula is C15H14ClF2N3. The van der Waals surface area contributed by atoms with E-state index in [2.05, 4.69) is 9.97 Å². The lowest BCUT2D eigenvalue weighted by molar-refractivity contribution is 0.506. The van der Waals surface area contributed by atoms with Gasteiger partial charge in [-0.25, -0.2) is 18.7 Å². The Labute approximate surface area is 126 Å². The van der Waals surface area contributed by atoms with Crippen molar-refractivity contribution in [3.8, 4) is 0 Å². The number of hydrogen-bond acceptors (Lipinski definition) is 3. The molecule has 2 aromatic rings. The molecule has 0 saturated carbocycles. The van der Waals surface area contributed by atoms with Crippen molar-refractivity contribution in [2.75, 3.05) is 19.0 Å². The van der Waals surface area contributed by atoms with Crippen LogP contribution in [-0.4, -0.2) is 24.1 Å². The van der Waals surface area contributed by atoms with Gasteiger partial charge in [0, 0.05) is 25.6 Å². The van der Waals surface area contributed by atoms with Crippen LogP contribution in [0.1, 0.15) is 29.2 Å². The molecule has 6 heteroatoms. The molecule has 0 fully saturated rings. The van der Waals surface area contributed by atoms with Crippen molar-refractivity contribution in [2.45, 2.75) is 18.8 Å². The molecule has 3 rings (SSSR count). The molecule has 1 aromatic carbocycles. The fourth-order valence-corrected chi connectivity index (χ4v) is 3.01. The minimum atomic E-state index is -0.841. The quantitative estimate of drug-likeness (QED) is 0.794. The molecule has 0 radical (unpaired) electrons. The number of benzene rings is 1. The van der Waals surface area contributed by atoms with Gasteiger partial charge >= 0.3 is 0 Å². The van der Waals surface area contributed by atoms with Gasteiger partial charge in [-0.1, -0.05) is 6.07 Å². The second-order valence-corrected chi connectivity index (χ2v) is 5.68. The fraction of sp³-hybridized carbons (Fsp3) is 0.333. The van der Waals surface area contributed by atoms with E-state index in [1.54, 1.807) is 6.07 Å². The molecule has 1 aromatic heterocycles. The van der Waals surface area contributed by atoms with Crippen molar-refractivity contribution in [2.24, 2.45) is 0 Å². The molecule has 0 aliphatic heterocycles. The molecule has 3 nitrogen and oxygen atoms in total. The number of nitrogens with zero attached hydrogens (tertiary/aromatic N) is 3. The normalized spacial score (nSPS) is 16.9. The van der Waals surface area contributed by atoms with E-state index in [-0.39, 0.29) is 11.2 Å². The van der Waals surface area contributed by atoms with E-state index in [1.807, 2.05) is 19.0 Å². The third kappa shape index (κ3) is 2.46. The summed E-state index contributed by atoms with van der Waals surface area (Å²) in [5, 5.41) is 0.173. The molecule has 0 bridgehead atoms. The molecule has 21 heavy (non-hydrogen) atoms. The molecule has 0 amide bonds. The van der Waals surface area contributed by atoms with Crippen LogP contribution >= 0.6 is 11.6 Å². The molecule has 1 atom stereocenters. The predicted molar refractivity (Wildman–Crippen MR) is 77.9 cm³/mol. The SMILES string of the molecule is CN(C)c1nc(Cl)nc2c1CCC2c1ccc(F)c(F)c1. The Morgan fingerprint density at radius 3 is 2.62 bits per heavy atom. The summed E-state index contributed by atoms with van der Waals surface area (Å²) in [5.41, 5.74) is 2.55. The first-order valence-corrected chi connectivity index (χ1v) is 7.03. The Hall–Kier alpha value is -1.75. The predicted octanol–water partition coefficient (Wildman–Crippen LogP) is 3.55. The summed E-state index contributed by atoms with van der Waals surface area (Å²) in [7, 11) is 3.79.